The third-order valence-electron chi connectivity index (χ3n) is 3.02. The van der Waals surface area contributed by atoms with Crippen molar-refractivity contribution >= 4 is 5.70 Å². The van der Waals surface area contributed by atoms with Crippen molar-refractivity contribution in [2.24, 2.45) is 0 Å². The molecule has 2 aromatic rings. The van der Waals surface area contributed by atoms with Crippen LogP contribution in [0, 0.1) is 0 Å². The van der Waals surface area contributed by atoms with Crippen molar-refractivity contribution in [3.8, 4) is 5.75 Å². The lowest BCUT2D eigenvalue weighted by Crippen LogP contribution is -2.30. The topological polar surface area (TPSA) is 50.5 Å². The van der Waals surface area contributed by atoms with E-state index in [0.717, 1.165) is 11.3 Å². The molecule has 2 rings (SSSR count). The third kappa shape index (κ3) is 4.18. The van der Waals surface area contributed by atoms with E-state index < -0.39 is 6.10 Å². The number of hydrogen-bond donors (Lipinski definition) is 1. The largest absolute Gasteiger partial charge is 0.490 e. The number of ether oxygens (including phenoxy) is 1. The van der Waals surface area contributed by atoms with E-state index in [1.807, 2.05) is 54.0 Å². The molecule has 5 nitrogen and oxygen atoms in total. The molecule has 0 aliphatic rings. The van der Waals surface area contributed by atoms with Gasteiger partial charge < -0.3 is 19.3 Å². The van der Waals surface area contributed by atoms with Gasteiger partial charge in [-0.3, -0.25) is 0 Å². The van der Waals surface area contributed by atoms with E-state index in [2.05, 4.69) is 11.6 Å². The Morgan fingerprint density at radius 3 is 2.86 bits per heavy atom. The fourth-order valence-corrected chi connectivity index (χ4v) is 2.05. The summed E-state index contributed by atoms with van der Waals surface area (Å²) in [4.78, 5) is 5.94. The lowest BCUT2D eigenvalue weighted by atomic mass is 10.1. The number of hydrogen-bond acceptors (Lipinski definition) is 4. The number of likely N-dealkylation sites (N-methyl/N-ethyl adjacent to an activating group) is 1. The first-order valence-corrected chi connectivity index (χ1v) is 6.80. The Bertz CT molecular complexity index is 579. The van der Waals surface area contributed by atoms with Crippen LogP contribution in [0.25, 0.3) is 5.70 Å². The number of imidazole rings is 1. The minimum absolute atomic E-state index is 0.242. The van der Waals surface area contributed by atoms with Crippen LogP contribution in [-0.4, -0.2) is 52.9 Å². The van der Waals surface area contributed by atoms with Gasteiger partial charge in [-0.2, -0.15) is 0 Å². The van der Waals surface area contributed by atoms with E-state index in [0.29, 0.717) is 12.3 Å². The number of aliphatic hydroxyl groups is 1. The number of para-hydroxylation sites is 1. The summed E-state index contributed by atoms with van der Waals surface area (Å²) < 4.78 is 7.58. The maximum Gasteiger partial charge on any atom is 0.128 e. The Kier molecular flexibility index (Phi) is 5.14. The summed E-state index contributed by atoms with van der Waals surface area (Å²) in [6.07, 6.45) is 4.70. The normalized spacial score (nSPS) is 12.4. The average Bonchev–Trinajstić information content (AvgIpc) is 2.98. The number of nitrogens with zero attached hydrogens (tertiary/aromatic N) is 3. The van der Waals surface area contributed by atoms with Gasteiger partial charge in [0.2, 0.25) is 0 Å². The minimum atomic E-state index is -0.533. The fraction of sp³-hybridized carbons (Fsp3) is 0.312. The molecule has 1 unspecified atom stereocenters. The third-order valence-corrected chi connectivity index (χ3v) is 3.02. The summed E-state index contributed by atoms with van der Waals surface area (Å²) in [5, 5.41) is 9.89. The maximum absolute atomic E-state index is 9.89. The summed E-state index contributed by atoms with van der Waals surface area (Å²) in [6.45, 7) is 4.88. The molecule has 0 saturated heterocycles. The second-order valence-corrected chi connectivity index (χ2v) is 5.14. The highest BCUT2D eigenvalue weighted by atomic mass is 16.5. The zero-order valence-electron chi connectivity index (χ0n) is 12.4. The molecule has 0 fully saturated rings. The molecule has 0 aliphatic carbocycles. The Morgan fingerprint density at radius 1 is 1.43 bits per heavy atom. The van der Waals surface area contributed by atoms with Crippen LogP contribution in [0.3, 0.4) is 0 Å². The molecule has 1 heterocycles. The summed E-state index contributed by atoms with van der Waals surface area (Å²) in [6, 6.07) is 7.65. The van der Waals surface area contributed by atoms with Crippen molar-refractivity contribution in [1.29, 1.82) is 0 Å². The van der Waals surface area contributed by atoms with E-state index in [-0.39, 0.29) is 6.61 Å². The van der Waals surface area contributed by atoms with E-state index in [1.165, 1.54) is 0 Å². The Labute approximate surface area is 125 Å². The van der Waals surface area contributed by atoms with Gasteiger partial charge in [-0.1, -0.05) is 18.7 Å². The molecule has 1 atom stereocenters. The molecule has 0 bridgehead atoms. The van der Waals surface area contributed by atoms with Gasteiger partial charge in [-0.15, -0.1) is 0 Å². The summed E-state index contributed by atoms with van der Waals surface area (Å²) in [5.74, 6) is 0.703. The van der Waals surface area contributed by atoms with Gasteiger partial charge in [-0.05, 0) is 26.2 Å². The van der Waals surface area contributed by atoms with Gasteiger partial charge in [0.15, 0.2) is 0 Å². The van der Waals surface area contributed by atoms with Crippen molar-refractivity contribution in [3.63, 3.8) is 0 Å². The zero-order valence-corrected chi connectivity index (χ0v) is 12.4. The van der Waals surface area contributed by atoms with Crippen LogP contribution in [-0.2, 0) is 0 Å². The summed E-state index contributed by atoms with van der Waals surface area (Å²) in [7, 11) is 3.83. The van der Waals surface area contributed by atoms with Gasteiger partial charge in [0.05, 0.1) is 12.0 Å². The molecular weight excluding hydrogens is 266 g/mol. The quantitative estimate of drug-likeness (QED) is 0.842. The van der Waals surface area contributed by atoms with Crippen molar-refractivity contribution in [1.82, 2.24) is 14.5 Å². The Morgan fingerprint density at radius 2 is 2.19 bits per heavy atom. The van der Waals surface area contributed by atoms with Gasteiger partial charge >= 0.3 is 0 Å². The van der Waals surface area contributed by atoms with Crippen LogP contribution in [0.5, 0.6) is 5.75 Å². The predicted molar refractivity (Wildman–Crippen MR) is 83.2 cm³/mol. The number of aromatic nitrogens is 2. The molecule has 21 heavy (non-hydrogen) atoms. The molecule has 0 amide bonds. The first-order chi connectivity index (χ1) is 10.1. The highest BCUT2D eigenvalue weighted by molar-refractivity contribution is 5.68. The van der Waals surface area contributed by atoms with Crippen LogP contribution >= 0.6 is 0 Å². The number of rotatable bonds is 7. The Hall–Kier alpha value is -2.11. The Balaban J connectivity index is 2.09. The first-order valence-electron chi connectivity index (χ1n) is 6.80. The number of aliphatic hydroxyl groups excluding tert-OH is 1. The van der Waals surface area contributed by atoms with Gasteiger partial charge in [0, 0.05) is 24.5 Å². The minimum Gasteiger partial charge on any atom is -0.490 e. The van der Waals surface area contributed by atoms with Crippen LogP contribution in [0.2, 0.25) is 0 Å². The zero-order chi connectivity index (χ0) is 15.2. The van der Waals surface area contributed by atoms with Crippen molar-refractivity contribution in [3.05, 3.63) is 55.1 Å². The summed E-state index contributed by atoms with van der Waals surface area (Å²) >= 11 is 0. The first kappa shape index (κ1) is 15.3. The molecule has 0 aliphatic heterocycles. The average molecular weight is 287 g/mol. The second-order valence-electron chi connectivity index (χ2n) is 5.14. The van der Waals surface area contributed by atoms with E-state index in [4.69, 9.17) is 4.74 Å². The highest BCUT2D eigenvalue weighted by Gasteiger charge is 2.11. The fourth-order valence-electron chi connectivity index (χ4n) is 2.05. The molecule has 5 heteroatoms. The van der Waals surface area contributed by atoms with Crippen molar-refractivity contribution in [2.45, 2.75) is 6.10 Å². The molecule has 0 spiro atoms. The lowest BCUT2D eigenvalue weighted by molar-refractivity contribution is 0.0830. The molecule has 0 saturated carbocycles. The van der Waals surface area contributed by atoms with Gasteiger partial charge in [0.25, 0.3) is 0 Å². The molecule has 1 aromatic heterocycles. The predicted octanol–water partition coefficient (Wildman–Crippen LogP) is 1.70. The van der Waals surface area contributed by atoms with Crippen LogP contribution in [0.1, 0.15) is 5.56 Å². The number of benzene rings is 1. The van der Waals surface area contributed by atoms with Crippen molar-refractivity contribution in [2.75, 3.05) is 27.2 Å². The molecule has 112 valence electrons. The standard InChI is InChI=1S/C16H21N3O2/c1-13(19-9-8-17-12-19)15-6-4-5-7-16(15)21-11-14(20)10-18(2)3/h4-9,12,14,20H,1,10-11H2,2-3H3. The van der Waals surface area contributed by atoms with E-state index in [9.17, 15) is 5.11 Å². The molecule has 1 N–H and O–H groups in total. The maximum atomic E-state index is 9.89. The lowest BCUT2D eigenvalue weighted by Gasteiger charge is -2.18. The van der Waals surface area contributed by atoms with Crippen LogP contribution in [0.4, 0.5) is 0 Å². The SMILES string of the molecule is C=C(c1ccccc1OCC(O)CN(C)C)n1ccnc1. The smallest absolute Gasteiger partial charge is 0.128 e. The summed E-state index contributed by atoms with van der Waals surface area (Å²) in [5.41, 5.74) is 1.66. The van der Waals surface area contributed by atoms with Crippen molar-refractivity contribution < 1.29 is 9.84 Å². The monoisotopic (exact) mass is 287 g/mol. The molecule has 0 radical (unpaired) electrons. The van der Waals surface area contributed by atoms with Gasteiger partial charge in [-0.25, -0.2) is 4.98 Å². The molecule has 1 aromatic carbocycles. The van der Waals surface area contributed by atoms with E-state index >= 15 is 0 Å². The van der Waals surface area contributed by atoms with Gasteiger partial charge in [0.1, 0.15) is 18.5 Å². The molecular formula is C16H21N3O2. The van der Waals surface area contributed by atoms with E-state index in [1.54, 1.807) is 12.5 Å². The highest BCUT2D eigenvalue weighted by Crippen LogP contribution is 2.26. The second kappa shape index (κ2) is 7.06. The van der Waals surface area contributed by atoms with Crippen LogP contribution < -0.4 is 4.74 Å². The van der Waals surface area contributed by atoms with Crippen LogP contribution in [0.15, 0.2) is 49.6 Å².